The summed E-state index contributed by atoms with van der Waals surface area (Å²) >= 11 is 0. The summed E-state index contributed by atoms with van der Waals surface area (Å²) in [5, 5.41) is 20.9. The van der Waals surface area contributed by atoms with E-state index in [1.54, 1.807) is 24.6 Å². The number of hydrogen-bond acceptors (Lipinski definition) is 7. The van der Waals surface area contributed by atoms with Gasteiger partial charge in [-0.1, -0.05) is 74.5 Å². The molecular formula is C42H38N8O5. The van der Waals surface area contributed by atoms with Crippen molar-refractivity contribution in [3.8, 4) is 22.5 Å². The molecule has 2 aromatic heterocycles. The van der Waals surface area contributed by atoms with Crippen LogP contribution in [0.5, 0.6) is 0 Å². The van der Waals surface area contributed by atoms with Gasteiger partial charge in [-0.2, -0.15) is 10.2 Å². The summed E-state index contributed by atoms with van der Waals surface area (Å²) in [6.07, 6.45) is 5.14. The number of nitrogens with zero attached hydrogens (tertiary/aromatic N) is 2. The number of amides is 3. The van der Waals surface area contributed by atoms with Crippen LogP contribution in [0.15, 0.2) is 95.1 Å². The molecule has 0 bridgehead atoms. The van der Waals surface area contributed by atoms with Crippen molar-refractivity contribution in [2.45, 2.75) is 26.7 Å². The third kappa shape index (κ3) is 6.95. The number of H-pyrrole nitrogens is 2. The largest absolute Gasteiger partial charge is 0.481 e. The molecule has 55 heavy (non-hydrogen) atoms. The van der Waals surface area contributed by atoms with Crippen LogP contribution in [-0.4, -0.2) is 51.2 Å². The van der Waals surface area contributed by atoms with Crippen LogP contribution in [0.2, 0.25) is 0 Å². The van der Waals surface area contributed by atoms with E-state index in [1.165, 1.54) is 0 Å². The highest BCUT2D eigenvalue weighted by molar-refractivity contribution is 6.19. The third-order valence-electron chi connectivity index (χ3n) is 10.4. The van der Waals surface area contributed by atoms with Gasteiger partial charge in [0, 0.05) is 50.2 Å². The van der Waals surface area contributed by atoms with Crippen molar-refractivity contribution in [2.24, 2.45) is 33.9 Å². The zero-order chi connectivity index (χ0) is 38.4. The Balaban J connectivity index is 0.000000135. The molecule has 2 aliphatic heterocycles. The van der Waals surface area contributed by atoms with Crippen molar-refractivity contribution in [2.75, 3.05) is 11.1 Å². The fraction of sp³-hybridized carbons (Fsp3) is 0.190. The first kappa shape index (κ1) is 35.0. The quantitative estimate of drug-likeness (QED) is 0.0956. The molecule has 13 nitrogen and oxygen atoms in total. The molecule has 8 N–H and O–H groups in total. The number of aromatic amines is 2. The van der Waals surface area contributed by atoms with E-state index in [4.69, 9.17) is 10.8 Å². The molecule has 0 radical (unpaired) electrons. The lowest BCUT2D eigenvalue weighted by atomic mass is 10.0. The van der Waals surface area contributed by atoms with Gasteiger partial charge in [0.15, 0.2) is 0 Å². The number of carbonyl (C=O) groups is 4. The SMILES string of the molecule is CC1CC1C(=O)Nc1cc2c3c(c(-c4ccccc4)[nH]c3c1)C=NNC2=O.CC1CC1C(=O)O.Nc1cc2c3c(c(-c4ccccc4)[nH]c3c1)C=NNC2=O. The molecule has 13 heteroatoms. The average molecular weight is 735 g/mol. The summed E-state index contributed by atoms with van der Waals surface area (Å²) in [5.74, 6) is -0.241. The molecule has 3 amide bonds. The molecule has 0 spiro atoms. The fourth-order valence-corrected chi connectivity index (χ4v) is 7.11. The Morgan fingerprint density at radius 1 is 0.709 bits per heavy atom. The number of nitrogen functional groups attached to an aromatic ring is 1. The van der Waals surface area contributed by atoms with Crippen molar-refractivity contribution in [3.05, 3.63) is 107 Å². The van der Waals surface area contributed by atoms with E-state index < -0.39 is 5.97 Å². The standard InChI is InChI=1S/C21H18N4O2.C16H12N4O.C5H8O2/c1-11-7-14(11)20(26)23-13-8-15-18-16(10-22-25-21(15)27)19(24-17(18)9-13)12-5-3-2-4-6-12;17-10-6-11-14-12(8-18-20-16(11)21)15(19-13(14)7-10)9-4-2-1-3-5-9;1-3-2-4(3)5(6)7/h2-6,8-11,14,24H,7H2,1H3,(H,23,26)(H,25,27);1-8,19H,17H2,(H,20,21);3-4H,2H2,1H3,(H,6,7). The van der Waals surface area contributed by atoms with Crippen molar-refractivity contribution in [1.82, 2.24) is 20.8 Å². The Bertz CT molecular complexity index is 2570. The van der Waals surface area contributed by atoms with E-state index in [-0.39, 0.29) is 29.6 Å². The smallest absolute Gasteiger partial charge is 0.306 e. The van der Waals surface area contributed by atoms with Crippen molar-refractivity contribution >= 4 is 69.3 Å². The fourth-order valence-electron chi connectivity index (χ4n) is 7.11. The molecule has 4 unspecified atom stereocenters. The Morgan fingerprint density at radius 3 is 1.64 bits per heavy atom. The number of aromatic nitrogens is 2. The molecule has 2 aliphatic carbocycles. The molecule has 0 saturated heterocycles. The maximum absolute atomic E-state index is 12.5. The van der Waals surface area contributed by atoms with Crippen LogP contribution >= 0.6 is 0 Å². The van der Waals surface area contributed by atoms with E-state index >= 15 is 0 Å². The van der Waals surface area contributed by atoms with Crippen LogP contribution in [-0.2, 0) is 9.59 Å². The van der Waals surface area contributed by atoms with Crippen molar-refractivity contribution in [3.63, 3.8) is 0 Å². The monoisotopic (exact) mass is 734 g/mol. The molecule has 4 aromatic carbocycles. The van der Waals surface area contributed by atoms with Gasteiger partial charge in [-0.05, 0) is 60.1 Å². The van der Waals surface area contributed by atoms with Crippen LogP contribution in [0.3, 0.4) is 0 Å². The van der Waals surface area contributed by atoms with Gasteiger partial charge in [0.05, 0.1) is 40.9 Å². The lowest BCUT2D eigenvalue weighted by molar-refractivity contribution is -0.138. The highest BCUT2D eigenvalue weighted by atomic mass is 16.4. The number of hydrazone groups is 2. The first-order valence-corrected chi connectivity index (χ1v) is 18.0. The maximum Gasteiger partial charge on any atom is 0.306 e. The number of anilines is 2. The first-order chi connectivity index (χ1) is 26.6. The second-order valence-corrected chi connectivity index (χ2v) is 14.4. The topological polar surface area (TPSA) is 207 Å². The molecule has 10 rings (SSSR count). The summed E-state index contributed by atoms with van der Waals surface area (Å²) < 4.78 is 0. The number of nitrogens with two attached hydrogens (primary N) is 1. The number of nitrogens with one attached hydrogen (secondary N) is 5. The highest BCUT2D eigenvalue weighted by Gasteiger charge is 2.39. The van der Waals surface area contributed by atoms with Crippen LogP contribution in [0.4, 0.5) is 11.4 Å². The molecule has 2 fully saturated rings. The van der Waals surface area contributed by atoms with Crippen LogP contribution in [0.25, 0.3) is 44.3 Å². The van der Waals surface area contributed by atoms with Gasteiger partial charge in [-0.15, -0.1) is 0 Å². The molecule has 276 valence electrons. The van der Waals surface area contributed by atoms with Crippen molar-refractivity contribution < 1.29 is 24.3 Å². The minimum atomic E-state index is -0.632. The van der Waals surface area contributed by atoms with Crippen LogP contribution in [0.1, 0.15) is 58.5 Å². The van der Waals surface area contributed by atoms with Gasteiger partial charge in [0.2, 0.25) is 5.91 Å². The number of hydrogen-bond donors (Lipinski definition) is 7. The molecule has 4 heterocycles. The summed E-state index contributed by atoms with van der Waals surface area (Å²) in [4.78, 5) is 53.7. The van der Waals surface area contributed by atoms with Crippen LogP contribution < -0.4 is 21.9 Å². The second-order valence-electron chi connectivity index (χ2n) is 14.4. The Hall–Kier alpha value is -7.02. The van der Waals surface area contributed by atoms with Gasteiger partial charge >= 0.3 is 5.97 Å². The Morgan fingerprint density at radius 2 is 1.18 bits per heavy atom. The predicted molar refractivity (Wildman–Crippen MR) is 213 cm³/mol. The average Bonchev–Trinajstić information content (AvgIpc) is 4.06. The number of carboxylic acid groups (broad SMARTS) is 1. The van der Waals surface area contributed by atoms with Gasteiger partial charge in [0.25, 0.3) is 11.8 Å². The van der Waals surface area contributed by atoms with Gasteiger partial charge in [-0.25, -0.2) is 10.9 Å². The predicted octanol–water partition coefficient (Wildman–Crippen LogP) is 6.73. The minimum Gasteiger partial charge on any atom is -0.481 e. The zero-order valence-corrected chi connectivity index (χ0v) is 30.0. The number of carboxylic acids is 1. The van der Waals surface area contributed by atoms with E-state index in [1.807, 2.05) is 79.7 Å². The van der Waals surface area contributed by atoms with Crippen molar-refractivity contribution in [1.29, 1.82) is 0 Å². The zero-order valence-electron chi connectivity index (χ0n) is 30.0. The van der Waals surface area contributed by atoms with Gasteiger partial charge < -0.3 is 26.1 Å². The second kappa shape index (κ2) is 14.1. The number of rotatable bonds is 5. The third-order valence-corrected chi connectivity index (χ3v) is 10.4. The summed E-state index contributed by atoms with van der Waals surface area (Å²) in [6, 6.07) is 27.0. The lowest BCUT2D eigenvalue weighted by Gasteiger charge is -2.08. The lowest BCUT2D eigenvalue weighted by Crippen LogP contribution is -2.18. The van der Waals surface area contributed by atoms with Crippen LogP contribution in [0, 0.1) is 23.7 Å². The summed E-state index contributed by atoms with van der Waals surface area (Å²) in [5.41, 5.74) is 20.4. The Labute approximate surface area is 315 Å². The summed E-state index contributed by atoms with van der Waals surface area (Å²) in [7, 11) is 0. The molecule has 6 aromatic rings. The molecule has 4 atom stereocenters. The first-order valence-electron chi connectivity index (χ1n) is 18.0. The highest BCUT2D eigenvalue weighted by Crippen LogP contribution is 2.40. The van der Waals surface area contributed by atoms with E-state index in [9.17, 15) is 19.2 Å². The van der Waals surface area contributed by atoms with Gasteiger partial charge in [-0.3, -0.25) is 19.2 Å². The number of aliphatic carboxylic acids is 1. The van der Waals surface area contributed by atoms with Gasteiger partial charge in [0.1, 0.15) is 0 Å². The van der Waals surface area contributed by atoms with E-state index in [0.717, 1.165) is 68.3 Å². The van der Waals surface area contributed by atoms with E-state index in [0.29, 0.717) is 34.3 Å². The van der Waals surface area contributed by atoms with E-state index in [2.05, 4.69) is 43.3 Å². The number of carbonyl (C=O) groups excluding carboxylic acids is 3. The minimum absolute atomic E-state index is 0.00870. The summed E-state index contributed by atoms with van der Waals surface area (Å²) in [6.45, 7) is 4.02. The molecular weight excluding hydrogens is 697 g/mol. The maximum atomic E-state index is 12.5. The molecule has 2 saturated carbocycles. The molecule has 4 aliphatic rings. The number of benzene rings is 4. The Kier molecular flexibility index (Phi) is 8.97. The normalized spacial score (nSPS) is 19.8.